The van der Waals surface area contributed by atoms with E-state index in [1.165, 1.54) is 29.9 Å². The molecule has 7 nitrogen and oxygen atoms in total. The van der Waals surface area contributed by atoms with Crippen LogP contribution < -0.4 is 19.6 Å². The smallest absolute Gasteiger partial charge is 0.308 e. The number of aryl methyl sites for hydroxylation is 1. The highest BCUT2D eigenvalue weighted by atomic mass is 32.1. The van der Waals surface area contributed by atoms with Crippen LogP contribution in [0.15, 0.2) is 47.3 Å². The Morgan fingerprint density at radius 2 is 1.90 bits per heavy atom. The summed E-state index contributed by atoms with van der Waals surface area (Å²) in [4.78, 5) is 28.9. The molecule has 0 spiro atoms. The van der Waals surface area contributed by atoms with Crippen LogP contribution in [0.3, 0.4) is 0 Å². The summed E-state index contributed by atoms with van der Waals surface area (Å²) in [7, 11) is 1.49. The Balaban J connectivity index is 1.73. The minimum absolute atomic E-state index is 0.237. The SMILES string of the molecule is COc1cc(/C=c2/sc3nc(-c4ccc(C)cc4)nn3c2=O)ccc1OC(C)=O. The Bertz CT molecular complexity index is 1320. The van der Waals surface area contributed by atoms with Crippen molar-refractivity contribution < 1.29 is 14.3 Å². The first kappa shape index (κ1) is 18.8. The molecule has 0 fully saturated rings. The molecule has 0 amide bonds. The summed E-state index contributed by atoms with van der Waals surface area (Å²) in [6.07, 6.45) is 1.73. The summed E-state index contributed by atoms with van der Waals surface area (Å²) < 4.78 is 12.2. The van der Waals surface area contributed by atoms with Crippen LogP contribution in [-0.2, 0) is 4.79 Å². The lowest BCUT2D eigenvalue weighted by Crippen LogP contribution is -2.23. The monoisotopic (exact) mass is 407 g/mol. The number of fused-ring (bicyclic) bond motifs is 1. The van der Waals surface area contributed by atoms with Crippen LogP contribution in [0.25, 0.3) is 22.4 Å². The van der Waals surface area contributed by atoms with Gasteiger partial charge in [0.15, 0.2) is 17.3 Å². The molecule has 0 aliphatic rings. The number of carbonyl (C=O) groups excluding carboxylic acids is 1. The maximum absolute atomic E-state index is 12.7. The van der Waals surface area contributed by atoms with Crippen molar-refractivity contribution in [2.24, 2.45) is 0 Å². The van der Waals surface area contributed by atoms with Crippen molar-refractivity contribution in [2.75, 3.05) is 7.11 Å². The summed E-state index contributed by atoms with van der Waals surface area (Å²) >= 11 is 1.26. The van der Waals surface area contributed by atoms with Gasteiger partial charge >= 0.3 is 5.97 Å². The molecule has 0 aliphatic heterocycles. The van der Waals surface area contributed by atoms with Gasteiger partial charge in [0, 0.05) is 12.5 Å². The molecule has 0 N–H and O–H groups in total. The number of carbonyl (C=O) groups is 1. The third kappa shape index (κ3) is 3.74. The van der Waals surface area contributed by atoms with Crippen molar-refractivity contribution in [2.45, 2.75) is 13.8 Å². The molecule has 0 saturated carbocycles. The normalized spacial score (nSPS) is 11.8. The van der Waals surface area contributed by atoms with Gasteiger partial charge in [-0.15, -0.1) is 5.10 Å². The number of hydrogen-bond acceptors (Lipinski definition) is 7. The second kappa shape index (κ2) is 7.48. The molecule has 0 radical (unpaired) electrons. The van der Waals surface area contributed by atoms with E-state index in [9.17, 15) is 9.59 Å². The number of hydrogen-bond donors (Lipinski definition) is 0. The van der Waals surface area contributed by atoms with E-state index in [1.54, 1.807) is 24.3 Å². The Labute approximate surface area is 169 Å². The molecule has 4 rings (SSSR count). The molecule has 0 atom stereocenters. The summed E-state index contributed by atoms with van der Waals surface area (Å²) in [5, 5.41) is 4.36. The summed E-state index contributed by atoms with van der Waals surface area (Å²) in [6.45, 7) is 3.33. The summed E-state index contributed by atoms with van der Waals surface area (Å²) in [5.74, 6) is 0.816. The summed E-state index contributed by atoms with van der Waals surface area (Å²) in [5.41, 5.74) is 2.51. The number of methoxy groups -OCH3 is 1. The average molecular weight is 407 g/mol. The van der Waals surface area contributed by atoms with Gasteiger partial charge in [0.25, 0.3) is 5.56 Å². The molecule has 0 saturated heterocycles. The maximum Gasteiger partial charge on any atom is 0.308 e. The predicted octanol–water partition coefficient (Wildman–Crippen LogP) is 2.61. The standard InChI is InChI=1S/C21H17N3O4S/c1-12-4-7-15(8-5-12)19-22-21-24(23-19)20(26)18(29-21)11-14-6-9-16(28-13(2)25)17(10-14)27-3/h4-11H,1-3H3/b18-11+. The maximum atomic E-state index is 12.7. The molecule has 0 bridgehead atoms. The molecule has 4 aromatic rings. The Hall–Kier alpha value is -3.52. The Morgan fingerprint density at radius 3 is 2.55 bits per heavy atom. The van der Waals surface area contributed by atoms with Gasteiger partial charge in [-0.2, -0.15) is 9.50 Å². The van der Waals surface area contributed by atoms with E-state index in [-0.39, 0.29) is 5.56 Å². The van der Waals surface area contributed by atoms with Crippen molar-refractivity contribution in [3.8, 4) is 22.9 Å². The third-order valence-electron chi connectivity index (χ3n) is 4.23. The van der Waals surface area contributed by atoms with E-state index < -0.39 is 5.97 Å². The molecule has 0 aliphatic carbocycles. The van der Waals surface area contributed by atoms with E-state index in [0.29, 0.717) is 26.8 Å². The van der Waals surface area contributed by atoms with Crippen LogP contribution in [0.1, 0.15) is 18.1 Å². The molecule has 29 heavy (non-hydrogen) atoms. The van der Waals surface area contributed by atoms with Crippen molar-refractivity contribution in [1.29, 1.82) is 0 Å². The van der Waals surface area contributed by atoms with E-state index >= 15 is 0 Å². The average Bonchev–Trinajstić information content (AvgIpc) is 3.23. The van der Waals surface area contributed by atoms with Gasteiger partial charge in [0.05, 0.1) is 11.6 Å². The summed E-state index contributed by atoms with van der Waals surface area (Å²) in [6, 6.07) is 12.9. The first-order chi connectivity index (χ1) is 13.9. The number of rotatable bonds is 4. The van der Waals surface area contributed by atoms with Crippen LogP contribution >= 0.6 is 11.3 Å². The molecule has 0 unspecified atom stereocenters. The fourth-order valence-electron chi connectivity index (χ4n) is 2.82. The molecule has 2 heterocycles. The fraction of sp³-hybridized carbons (Fsp3) is 0.143. The van der Waals surface area contributed by atoms with Gasteiger partial charge in [-0.1, -0.05) is 47.2 Å². The van der Waals surface area contributed by atoms with Crippen molar-refractivity contribution in [3.05, 3.63) is 68.5 Å². The van der Waals surface area contributed by atoms with Crippen molar-refractivity contribution in [1.82, 2.24) is 14.6 Å². The molecule has 2 aromatic carbocycles. The number of benzene rings is 2. The number of thiazole rings is 1. The molecular weight excluding hydrogens is 390 g/mol. The van der Waals surface area contributed by atoms with Crippen LogP contribution in [0.2, 0.25) is 0 Å². The van der Waals surface area contributed by atoms with E-state index in [2.05, 4.69) is 10.1 Å². The highest BCUT2D eigenvalue weighted by molar-refractivity contribution is 7.15. The number of aromatic nitrogens is 3. The first-order valence-electron chi connectivity index (χ1n) is 8.79. The highest BCUT2D eigenvalue weighted by Gasteiger charge is 2.12. The number of esters is 1. The van der Waals surface area contributed by atoms with Gasteiger partial charge < -0.3 is 9.47 Å². The fourth-order valence-corrected chi connectivity index (χ4v) is 3.73. The molecule has 2 aromatic heterocycles. The minimum Gasteiger partial charge on any atom is -0.493 e. The van der Waals surface area contributed by atoms with Crippen LogP contribution in [0.5, 0.6) is 11.5 Å². The van der Waals surface area contributed by atoms with Crippen LogP contribution in [0.4, 0.5) is 0 Å². The van der Waals surface area contributed by atoms with Gasteiger partial charge in [0.1, 0.15) is 0 Å². The minimum atomic E-state index is -0.434. The largest absolute Gasteiger partial charge is 0.493 e. The lowest BCUT2D eigenvalue weighted by atomic mass is 10.1. The zero-order valence-electron chi connectivity index (χ0n) is 16.0. The van der Waals surface area contributed by atoms with Gasteiger partial charge in [-0.05, 0) is 30.7 Å². The Morgan fingerprint density at radius 1 is 1.14 bits per heavy atom. The zero-order chi connectivity index (χ0) is 20.5. The quantitative estimate of drug-likeness (QED) is 0.382. The topological polar surface area (TPSA) is 82.8 Å². The van der Waals surface area contributed by atoms with Crippen LogP contribution in [-0.4, -0.2) is 27.7 Å². The van der Waals surface area contributed by atoms with Gasteiger partial charge in [-0.3, -0.25) is 9.59 Å². The Kier molecular flexibility index (Phi) is 4.85. The zero-order valence-corrected chi connectivity index (χ0v) is 16.8. The first-order valence-corrected chi connectivity index (χ1v) is 9.61. The van der Waals surface area contributed by atoms with Crippen LogP contribution in [0, 0.1) is 6.92 Å². The van der Waals surface area contributed by atoms with E-state index in [0.717, 1.165) is 16.7 Å². The van der Waals surface area contributed by atoms with Crippen molar-refractivity contribution >= 4 is 28.3 Å². The third-order valence-corrected chi connectivity index (χ3v) is 5.19. The second-order valence-electron chi connectivity index (χ2n) is 6.42. The molecular formula is C21H17N3O4S. The predicted molar refractivity (Wildman–Crippen MR) is 110 cm³/mol. The van der Waals surface area contributed by atoms with Gasteiger partial charge in [-0.25, -0.2) is 0 Å². The number of nitrogens with zero attached hydrogens (tertiary/aromatic N) is 3. The second-order valence-corrected chi connectivity index (χ2v) is 7.42. The van der Waals surface area contributed by atoms with Gasteiger partial charge in [0.2, 0.25) is 4.96 Å². The lowest BCUT2D eigenvalue weighted by molar-refractivity contribution is -0.132. The lowest BCUT2D eigenvalue weighted by Gasteiger charge is -2.08. The molecule has 146 valence electrons. The molecule has 8 heteroatoms. The van der Waals surface area contributed by atoms with Crippen molar-refractivity contribution in [3.63, 3.8) is 0 Å². The van der Waals surface area contributed by atoms with E-state index in [1.807, 2.05) is 31.2 Å². The van der Waals surface area contributed by atoms with E-state index in [4.69, 9.17) is 9.47 Å². The number of ether oxygens (including phenoxy) is 2. The highest BCUT2D eigenvalue weighted by Crippen LogP contribution is 2.28.